The Morgan fingerprint density at radius 2 is 2.32 bits per heavy atom. The fourth-order valence-electron chi connectivity index (χ4n) is 2.62. The summed E-state index contributed by atoms with van der Waals surface area (Å²) in [6.07, 6.45) is 8.77. The summed E-state index contributed by atoms with van der Waals surface area (Å²) in [7, 11) is 0. The van der Waals surface area contributed by atoms with Gasteiger partial charge in [0.15, 0.2) is 5.13 Å². The minimum atomic E-state index is -0.491. The third kappa shape index (κ3) is 4.55. The number of halogens is 2. The van der Waals surface area contributed by atoms with Crippen LogP contribution in [0.5, 0.6) is 0 Å². The molecule has 0 saturated heterocycles. The number of nitrogens with one attached hydrogen (secondary N) is 1. The highest BCUT2D eigenvalue weighted by Gasteiger charge is 2.13. The van der Waals surface area contributed by atoms with Crippen molar-refractivity contribution < 1.29 is 9.18 Å². The van der Waals surface area contributed by atoms with Gasteiger partial charge in [-0.2, -0.15) is 0 Å². The van der Waals surface area contributed by atoms with Gasteiger partial charge in [0.1, 0.15) is 5.82 Å². The van der Waals surface area contributed by atoms with E-state index < -0.39 is 5.82 Å². The number of benzene rings is 1. The second-order valence-electron chi connectivity index (χ2n) is 5.93. The number of hydrogen-bond acceptors (Lipinski definition) is 3. The molecule has 3 rings (SSSR count). The van der Waals surface area contributed by atoms with Crippen molar-refractivity contribution in [1.82, 2.24) is 4.98 Å². The first kappa shape index (κ1) is 17.8. The molecule has 1 atom stereocenters. The Hall–Kier alpha value is -1.98. The molecular weight excluding hydrogens is 359 g/mol. The number of nitrogens with zero attached hydrogens (tertiary/aromatic N) is 1. The molecule has 1 amide bonds. The molecule has 1 unspecified atom stereocenters. The van der Waals surface area contributed by atoms with E-state index in [9.17, 15) is 9.18 Å². The second kappa shape index (κ2) is 7.93. The van der Waals surface area contributed by atoms with Crippen molar-refractivity contribution in [3.05, 3.63) is 63.9 Å². The average molecular weight is 377 g/mol. The first-order valence-electron chi connectivity index (χ1n) is 8.13. The third-order valence-electron chi connectivity index (χ3n) is 4.11. The van der Waals surface area contributed by atoms with Gasteiger partial charge in [-0.15, -0.1) is 11.3 Å². The smallest absolute Gasteiger partial charge is 0.230 e. The van der Waals surface area contributed by atoms with Crippen LogP contribution in [0.4, 0.5) is 9.52 Å². The minimum Gasteiger partial charge on any atom is -0.302 e. The summed E-state index contributed by atoms with van der Waals surface area (Å²) in [5.74, 6) is -0.0959. The third-order valence-corrected chi connectivity index (χ3v) is 5.16. The van der Waals surface area contributed by atoms with E-state index >= 15 is 0 Å². The molecular formula is C19H18ClFN2OS. The Bertz CT molecular complexity index is 844. The van der Waals surface area contributed by atoms with Crippen molar-refractivity contribution in [1.29, 1.82) is 0 Å². The molecule has 3 nitrogen and oxygen atoms in total. The molecule has 0 aliphatic heterocycles. The zero-order chi connectivity index (χ0) is 17.8. The van der Waals surface area contributed by atoms with Crippen molar-refractivity contribution in [2.24, 2.45) is 5.92 Å². The Balaban J connectivity index is 1.61. The van der Waals surface area contributed by atoms with Crippen LogP contribution in [-0.4, -0.2) is 10.9 Å². The van der Waals surface area contributed by atoms with E-state index in [4.69, 9.17) is 11.6 Å². The van der Waals surface area contributed by atoms with Crippen LogP contribution in [0.15, 0.2) is 41.8 Å². The summed E-state index contributed by atoms with van der Waals surface area (Å²) in [4.78, 5) is 16.6. The number of thiazole rings is 1. The fraction of sp³-hybridized carbons (Fsp3) is 0.263. The van der Waals surface area contributed by atoms with Crippen LogP contribution in [0.3, 0.4) is 0 Å². The molecule has 0 fully saturated rings. The van der Waals surface area contributed by atoms with E-state index in [2.05, 4.69) is 35.5 Å². The van der Waals surface area contributed by atoms with Crippen LogP contribution in [0, 0.1) is 11.7 Å². The summed E-state index contributed by atoms with van der Waals surface area (Å²) >= 11 is 7.13. The normalized spacial score (nSPS) is 16.6. The molecule has 1 aliphatic carbocycles. The Kier molecular flexibility index (Phi) is 5.66. The number of allylic oxidation sites excluding steroid dienone is 4. The molecule has 2 aromatic rings. The first-order chi connectivity index (χ1) is 12.0. The van der Waals surface area contributed by atoms with Gasteiger partial charge in [-0.05, 0) is 42.0 Å². The molecule has 1 aromatic carbocycles. The van der Waals surface area contributed by atoms with Crippen LogP contribution in [0.2, 0.25) is 5.02 Å². The lowest BCUT2D eigenvalue weighted by atomic mass is 9.94. The van der Waals surface area contributed by atoms with Crippen molar-refractivity contribution in [3.63, 3.8) is 0 Å². The highest BCUT2D eigenvalue weighted by molar-refractivity contribution is 7.14. The van der Waals surface area contributed by atoms with Gasteiger partial charge < -0.3 is 5.32 Å². The summed E-state index contributed by atoms with van der Waals surface area (Å²) in [5.41, 5.74) is 2.62. The van der Waals surface area contributed by atoms with E-state index in [1.807, 2.05) is 5.38 Å². The zero-order valence-corrected chi connectivity index (χ0v) is 15.3. The van der Waals surface area contributed by atoms with Crippen molar-refractivity contribution in [2.45, 2.75) is 26.2 Å². The molecule has 1 N–H and O–H groups in total. The zero-order valence-electron chi connectivity index (χ0n) is 13.8. The number of amides is 1. The molecule has 25 heavy (non-hydrogen) atoms. The lowest BCUT2D eigenvalue weighted by molar-refractivity contribution is -0.115. The van der Waals surface area contributed by atoms with Gasteiger partial charge in [0.2, 0.25) is 5.91 Å². The monoisotopic (exact) mass is 376 g/mol. The lowest BCUT2D eigenvalue weighted by Crippen LogP contribution is -2.14. The predicted molar refractivity (Wildman–Crippen MR) is 101 cm³/mol. The van der Waals surface area contributed by atoms with E-state index in [0.717, 1.165) is 24.1 Å². The summed E-state index contributed by atoms with van der Waals surface area (Å²) < 4.78 is 13.2. The number of carbonyl (C=O) groups excluding carboxylic acids is 1. The Morgan fingerprint density at radius 1 is 1.48 bits per heavy atom. The van der Waals surface area contributed by atoms with Gasteiger partial charge in [-0.3, -0.25) is 4.79 Å². The maximum absolute atomic E-state index is 13.2. The van der Waals surface area contributed by atoms with Crippen molar-refractivity contribution >= 4 is 39.5 Å². The highest BCUT2D eigenvalue weighted by atomic mass is 35.5. The van der Waals surface area contributed by atoms with E-state index in [-0.39, 0.29) is 17.4 Å². The molecule has 1 aromatic heterocycles. The molecule has 6 heteroatoms. The first-order valence-corrected chi connectivity index (χ1v) is 9.39. The summed E-state index contributed by atoms with van der Waals surface area (Å²) in [5, 5.41) is 5.29. The number of hydrogen-bond donors (Lipinski definition) is 1. The van der Waals surface area contributed by atoms with Gasteiger partial charge in [0.25, 0.3) is 0 Å². The molecule has 1 heterocycles. The van der Waals surface area contributed by atoms with E-state index in [0.29, 0.717) is 16.6 Å². The van der Waals surface area contributed by atoms with Crippen LogP contribution in [0.25, 0.3) is 5.57 Å². The average Bonchev–Trinajstić information content (AvgIpc) is 3.06. The van der Waals surface area contributed by atoms with Crippen molar-refractivity contribution in [2.75, 3.05) is 5.32 Å². The molecule has 0 bridgehead atoms. The van der Waals surface area contributed by atoms with Gasteiger partial charge >= 0.3 is 0 Å². The van der Waals surface area contributed by atoms with Gasteiger partial charge in [-0.25, -0.2) is 9.37 Å². The largest absolute Gasteiger partial charge is 0.302 e. The number of anilines is 1. The van der Waals surface area contributed by atoms with E-state index in [1.54, 1.807) is 6.07 Å². The molecule has 0 saturated carbocycles. The SMILES string of the molecule is CCC1C=CC(c2csc(NC(=O)Cc3ccc(F)c(Cl)c3)n2)=CC1. The predicted octanol–water partition coefficient (Wildman–Crippen LogP) is 5.49. The number of carbonyl (C=O) groups is 1. The van der Waals surface area contributed by atoms with Crippen LogP contribution < -0.4 is 5.32 Å². The topological polar surface area (TPSA) is 42.0 Å². The highest BCUT2D eigenvalue weighted by Crippen LogP contribution is 2.28. The standard InChI is InChI=1S/C19H18ClFN2OS/c1-2-12-3-6-14(7-4-12)17-11-25-19(22-17)23-18(24)10-13-5-8-16(21)15(20)9-13/h3,5-9,11-12H,2,4,10H2,1H3,(H,22,23,24). The molecule has 130 valence electrons. The molecule has 1 aliphatic rings. The van der Waals surface area contributed by atoms with Crippen LogP contribution >= 0.6 is 22.9 Å². The Morgan fingerprint density at radius 3 is 3.00 bits per heavy atom. The lowest BCUT2D eigenvalue weighted by Gasteiger charge is -2.12. The Labute approximate surface area is 155 Å². The van der Waals surface area contributed by atoms with E-state index in [1.165, 1.54) is 23.5 Å². The van der Waals surface area contributed by atoms with Gasteiger partial charge in [0, 0.05) is 5.38 Å². The maximum Gasteiger partial charge on any atom is 0.230 e. The number of rotatable bonds is 5. The second-order valence-corrected chi connectivity index (χ2v) is 7.20. The van der Waals surface area contributed by atoms with Gasteiger partial charge in [0.05, 0.1) is 17.1 Å². The minimum absolute atomic E-state index is 0.0169. The fourth-order valence-corrected chi connectivity index (χ4v) is 3.56. The molecule has 0 spiro atoms. The molecule has 0 radical (unpaired) electrons. The quantitative estimate of drug-likeness (QED) is 0.750. The van der Waals surface area contributed by atoms with Gasteiger partial charge in [-0.1, -0.05) is 42.8 Å². The number of aromatic nitrogens is 1. The maximum atomic E-state index is 13.2. The summed E-state index contributed by atoms with van der Waals surface area (Å²) in [6, 6.07) is 4.28. The van der Waals surface area contributed by atoms with Crippen molar-refractivity contribution in [3.8, 4) is 0 Å². The summed E-state index contributed by atoms with van der Waals surface area (Å²) in [6.45, 7) is 2.18. The van der Waals surface area contributed by atoms with Crippen LogP contribution in [-0.2, 0) is 11.2 Å². The van der Waals surface area contributed by atoms with Crippen LogP contribution in [0.1, 0.15) is 31.0 Å².